The van der Waals surface area contributed by atoms with Crippen molar-refractivity contribution in [3.05, 3.63) is 66.2 Å². The summed E-state index contributed by atoms with van der Waals surface area (Å²) in [4.78, 5) is 16.7. The van der Waals surface area contributed by atoms with Crippen LogP contribution >= 0.6 is 0 Å². The van der Waals surface area contributed by atoms with Crippen LogP contribution in [0.4, 0.5) is 11.5 Å². The van der Waals surface area contributed by atoms with Crippen molar-refractivity contribution in [3.8, 4) is 23.1 Å². The summed E-state index contributed by atoms with van der Waals surface area (Å²) >= 11 is 0. The average Bonchev–Trinajstić information content (AvgIpc) is 3.46. The molecule has 2 bridgehead atoms. The predicted molar refractivity (Wildman–Crippen MR) is 163 cm³/mol. The lowest BCUT2D eigenvalue weighted by Crippen LogP contribution is -2.68. The molecule has 4 aliphatic rings. The van der Waals surface area contributed by atoms with Gasteiger partial charge in [0.05, 0.1) is 36.3 Å². The Morgan fingerprint density at radius 3 is 2.57 bits per heavy atom. The number of ether oxygens (including phenoxy) is 1. The minimum atomic E-state index is 0.518. The Labute approximate surface area is 246 Å². The molecule has 2 unspecified atom stereocenters. The number of rotatable bonds is 8. The number of nitrogens with one attached hydrogen (secondary N) is 1. The third kappa shape index (κ3) is 5.14. The van der Waals surface area contributed by atoms with Gasteiger partial charge in [0.1, 0.15) is 11.9 Å². The normalized spacial score (nSPS) is 21.2. The fraction of sp³-hybridized carbons (Fsp3) is 0.438. The molecule has 4 fully saturated rings. The van der Waals surface area contributed by atoms with Crippen LogP contribution in [-0.4, -0.2) is 88.3 Å². The second kappa shape index (κ2) is 11.2. The summed E-state index contributed by atoms with van der Waals surface area (Å²) in [6, 6.07) is 13.8. The molecule has 4 saturated heterocycles. The van der Waals surface area contributed by atoms with Crippen molar-refractivity contribution in [3.63, 3.8) is 0 Å². The first-order chi connectivity index (χ1) is 20.6. The lowest BCUT2D eigenvalue weighted by atomic mass is 9.87. The molecule has 216 valence electrons. The van der Waals surface area contributed by atoms with Gasteiger partial charge in [-0.2, -0.15) is 10.4 Å². The molecule has 4 aliphatic heterocycles. The fourth-order valence-corrected chi connectivity index (χ4v) is 6.75. The van der Waals surface area contributed by atoms with Crippen LogP contribution in [0.15, 0.2) is 55.1 Å². The summed E-state index contributed by atoms with van der Waals surface area (Å²) in [5.74, 6) is 2.31. The number of pyridine rings is 3. The number of methoxy groups -OCH3 is 1. The second-order valence-corrected chi connectivity index (χ2v) is 12.0. The number of fused-ring (bicyclic) bond motifs is 3. The van der Waals surface area contributed by atoms with Crippen LogP contribution in [0.3, 0.4) is 0 Å². The van der Waals surface area contributed by atoms with Gasteiger partial charge in [0.25, 0.3) is 0 Å². The zero-order valence-electron chi connectivity index (χ0n) is 24.3. The molecule has 2 atom stereocenters. The Bertz CT molecular complexity index is 1570. The third-order valence-electron chi connectivity index (χ3n) is 9.26. The summed E-state index contributed by atoms with van der Waals surface area (Å²) in [5, 5.41) is 17.9. The van der Waals surface area contributed by atoms with Gasteiger partial charge in [-0.25, -0.2) is 14.5 Å². The van der Waals surface area contributed by atoms with E-state index in [1.807, 2.05) is 29.2 Å². The van der Waals surface area contributed by atoms with Gasteiger partial charge < -0.3 is 19.9 Å². The van der Waals surface area contributed by atoms with Gasteiger partial charge in [0.2, 0.25) is 5.88 Å². The SMILES string of the molecule is COc1ccc(CN2C3CC2CN(c2ccc(-c4cc(NCC5CCN(C)CC5)cn5ncc(C#N)c45)cn2)C3)cn1. The van der Waals surface area contributed by atoms with Gasteiger partial charge in [-0.15, -0.1) is 0 Å². The van der Waals surface area contributed by atoms with Gasteiger partial charge in [-0.3, -0.25) is 4.90 Å². The molecule has 0 amide bonds. The van der Waals surface area contributed by atoms with E-state index in [1.165, 1.54) is 24.8 Å². The van der Waals surface area contributed by atoms with Crippen LogP contribution in [0, 0.1) is 17.2 Å². The molecular weight excluding hydrogens is 526 g/mol. The first kappa shape index (κ1) is 26.7. The number of likely N-dealkylation sites (tertiary alicyclic amines) is 1. The summed E-state index contributed by atoms with van der Waals surface area (Å²) in [6.45, 7) is 6.08. The number of anilines is 2. The Kier molecular flexibility index (Phi) is 7.14. The van der Waals surface area contributed by atoms with Crippen LogP contribution in [0.1, 0.15) is 30.4 Å². The van der Waals surface area contributed by atoms with E-state index in [9.17, 15) is 5.26 Å². The van der Waals surface area contributed by atoms with Crippen molar-refractivity contribution >= 4 is 17.0 Å². The largest absolute Gasteiger partial charge is 0.481 e. The van der Waals surface area contributed by atoms with E-state index >= 15 is 0 Å². The van der Waals surface area contributed by atoms with Crippen molar-refractivity contribution in [2.24, 2.45) is 5.92 Å². The number of piperidine rings is 2. The molecule has 10 nitrogen and oxygen atoms in total. The van der Waals surface area contributed by atoms with Crippen LogP contribution < -0.4 is 15.0 Å². The maximum atomic E-state index is 9.78. The van der Waals surface area contributed by atoms with E-state index in [0.717, 1.165) is 67.4 Å². The molecule has 0 aliphatic carbocycles. The van der Waals surface area contributed by atoms with Crippen molar-refractivity contribution in [2.45, 2.75) is 37.9 Å². The standard InChI is InChI=1S/C32H37N9O/c1-38-9-7-22(8-10-38)14-34-26-11-29(32-25(13-33)17-37-41(32)19-26)24-4-5-30(35-16-24)39-20-27-12-28(21-39)40(27)18-23-3-6-31(42-2)36-15-23/h3-6,11,15-17,19,22,27-28,34H,7-10,12,14,18,20-21H2,1-2H3. The molecule has 8 heterocycles. The predicted octanol–water partition coefficient (Wildman–Crippen LogP) is 3.89. The number of aromatic nitrogens is 4. The van der Waals surface area contributed by atoms with Crippen LogP contribution in [0.25, 0.3) is 16.6 Å². The van der Waals surface area contributed by atoms with E-state index < -0.39 is 0 Å². The van der Waals surface area contributed by atoms with Gasteiger partial charge >= 0.3 is 0 Å². The van der Waals surface area contributed by atoms with E-state index in [-0.39, 0.29) is 0 Å². The second-order valence-electron chi connectivity index (χ2n) is 12.0. The highest BCUT2D eigenvalue weighted by atomic mass is 16.5. The third-order valence-corrected chi connectivity index (χ3v) is 9.26. The number of nitrogens with zero attached hydrogens (tertiary/aromatic N) is 8. The topological polar surface area (TPSA) is 97.8 Å². The van der Waals surface area contributed by atoms with E-state index in [1.54, 1.807) is 13.3 Å². The zero-order valence-corrected chi connectivity index (χ0v) is 24.3. The Balaban J connectivity index is 1.06. The van der Waals surface area contributed by atoms with Crippen LogP contribution in [0.5, 0.6) is 5.88 Å². The molecule has 0 saturated carbocycles. The first-order valence-electron chi connectivity index (χ1n) is 14.9. The highest BCUT2D eigenvalue weighted by molar-refractivity contribution is 5.86. The Morgan fingerprint density at radius 1 is 1.05 bits per heavy atom. The summed E-state index contributed by atoms with van der Waals surface area (Å²) in [5.41, 5.74) is 5.57. The minimum Gasteiger partial charge on any atom is -0.481 e. The van der Waals surface area contributed by atoms with Crippen molar-refractivity contribution in [1.82, 2.24) is 29.4 Å². The maximum Gasteiger partial charge on any atom is 0.212 e. The first-order valence-corrected chi connectivity index (χ1v) is 14.9. The highest BCUT2D eigenvalue weighted by Crippen LogP contribution is 2.36. The Morgan fingerprint density at radius 2 is 1.88 bits per heavy atom. The smallest absolute Gasteiger partial charge is 0.212 e. The fourth-order valence-electron chi connectivity index (χ4n) is 6.75. The molecule has 10 heteroatoms. The van der Waals surface area contributed by atoms with Crippen molar-refractivity contribution in [2.75, 3.05) is 57.1 Å². The Hall–Kier alpha value is -4.20. The van der Waals surface area contributed by atoms with Crippen LogP contribution in [0.2, 0.25) is 0 Å². The quantitative estimate of drug-likeness (QED) is 0.342. The van der Waals surface area contributed by atoms with Crippen molar-refractivity contribution in [1.29, 1.82) is 5.26 Å². The molecular formula is C32H37N9O. The molecule has 0 aromatic carbocycles. The summed E-state index contributed by atoms with van der Waals surface area (Å²) in [6.07, 6.45) is 11.1. The molecule has 8 rings (SSSR count). The van der Waals surface area contributed by atoms with Crippen molar-refractivity contribution < 1.29 is 4.74 Å². The van der Waals surface area contributed by atoms with Gasteiger partial charge in [-0.05, 0) is 69.1 Å². The molecule has 0 radical (unpaired) electrons. The number of piperazine rings is 1. The van der Waals surface area contributed by atoms with Crippen LogP contribution in [-0.2, 0) is 6.54 Å². The number of nitriles is 1. The lowest BCUT2D eigenvalue weighted by Gasteiger charge is -2.56. The summed E-state index contributed by atoms with van der Waals surface area (Å²) < 4.78 is 7.02. The molecule has 42 heavy (non-hydrogen) atoms. The number of hydrogen-bond donors (Lipinski definition) is 1. The van der Waals surface area contributed by atoms with Gasteiger partial charge in [0, 0.05) is 67.8 Å². The number of hydrogen-bond acceptors (Lipinski definition) is 9. The van der Waals surface area contributed by atoms with E-state index in [4.69, 9.17) is 9.72 Å². The maximum absolute atomic E-state index is 9.78. The highest BCUT2D eigenvalue weighted by Gasteiger charge is 2.44. The zero-order chi connectivity index (χ0) is 28.6. The lowest BCUT2D eigenvalue weighted by molar-refractivity contribution is -0.00876. The summed E-state index contributed by atoms with van der Waals surface area (Å²) in [7, 11) is 3.84. The molecule has 0 spiro atoms. The molecule has 4 aromatic heterocycles. The average molecular weight is 564 g/mol. The minimum absolute atomic E-state index is 0.518. The van der Waals surface area contributed by atoms with E-state index in [0.29, 0.717) is 29.4 Å². The van der Waals surface area contributed by atoms with Gasteiger partial charge in [0.15, 0.2) is 0 Å². The monoisotopic (exact) mass is 563 g/mol. The molecule has 4 aromatic rings. The van der Waals surface area contributed by atoms with Gasteiger partial charge in [-0.1, -0.05) is 6.07 Å². The molecule has 1 N–H and O–H groups in total. The van der Waals surface area contributed by atoms with E-state index in [2.05, 4.69) is 67.5 Å².